The molecule has 0 unspecified atom stereocenters. The molecule has 0 bridgehead atoms. The lowest BCUT2D eigenvalue weighted by atomic mass is 10.0. The summed E-state index contributed by atoms with van der Waals surface area (Å²) in [6.07, 6.45) is 3.58. The molecule has 1 aromatic heterocycles. The van der Waals surface area contributed by atoms with Gasteiger partial charge in [0.15, 0.2) is 0 Å². The largest absolute Gasteiger partial charge is 0.497 e. The fourth-order valence-electron chi connectivity index (χ4n) is 4.34. The number of piperidine rings is 1. The molecule has 2 aromatic carbocycles. The summed E-state index contributed by atoms with van der Waals surface area (Å²) in [5.41, 5.74) is 1.57. The van der Waals surface area contributed by atoms with Gasteiger partial charge in [0, 0.05) is 13.6 Å². The van der Waals surface area contributed by atoms with Gasteiger partial charge in [0.1, 0.15) is 11.6 Å². The summed E-state index contributed by atoms with van der Waals surface area (Å²) in [5.74, 6) is 1.27. The molecule has 0 spiro atoms. The van der Waals surface area contributed by atoms with Gasteiger partial charge in [-0.05, 0) is 55.8 Å². The molecular weight excluding hydrogens is 418 g/mol. The van der Waals surface area contributed by atoms with Crippen molar-refractivity contribution >= 4 is 16.9 Å². The van der Waals surface area contributed by atoms with Crippen LogP contribution in [0.25, 0.3) is 10.9 Å². The Bertz CT molecular complexity index is 1140. The number of benzene rings is 2. The van der Waals surface area contributed by atoms with Crippen LogP contribution in [-0.2, 0) is 6.54 Å². The zero-order valence-electron chi connectivity index (χ0n) is 19.2. The quantitative estimate of drug-likeness (QED) is 0.578. The summed E-state index contributed by atoms with van der Waals surface area (Å²) in [5, 5.41) is 3.61. The number of fused-ring (bicyclic) bond motifs is 1. The maximum atomic E-state index is 12.9. The van der Waals surface area contributed by atoms with E-state index in [2.05, 4.69) is 32.3 Å². The molecule has 1 atom stereocenters. The molecule has 8 nitrogen and oxygen atoms in total. The summed E-state index contributed by atoms with van der Waals surface area (Å²) in [7, 11) is 3.36. The van der Waals surface area contributed by atoms with Crippen LogP contribution < -0.4 is 15.6 Å². The predicted molar refractivity (Wildman–Crippen MR) is 128 cm³/mol. The van der Waals surface area contributed by atoms with E-state index in [4.69, 9.17) is 4.74 Å². The van der Waals surface area contributed by atoms with Crippen LogP contribution in [0.5, 0.6) is 5.75 Å². The molecule has 174 valence electrons. The van der Waals surface area contributed by atoms with Gasteiger partial charge in [-0.3, -0.25) is 9.69 Å². The number of aromatic nitrogens is 2. The smallest absolute Gasteiger partial charge is 0.317 e. The Balaban J connectivity index is 1.43. The number of rotatable bonds is 7. The van der Waals surface area contributed by atoms with E-state index in [1.807, 2.05) is 18.2 Å². The minimum absolute atomic E-state index is 0.0900. The fraction of sp³-hybridized carbons (Fsp3) is 0.400. The number of carbonyl (C=O) groups excluding carboxylic acids is 1. The highest BCUT2D eigenvalue weighted by Gasteiger charge is 2.23. The number of urea groups is 1. The van der Waals surface area contributed by atoms with Crippen molar-refractivity contribution in [1.29, 1.82) is 0 Å². The van der Waals surface area contributed by atoms with E-state index in [0.717, 1.165) is 24.4 Å². The Morgan fingerprint density at radius 3 is 2.61 bits per heavy atom. The van der Waals surface area contributed by atoms with E-state index in [9.17, 15) is 9.59 Å². The molecule has 0 aliphatic carbocycles. The minimum atomic E-state index is -0.207. The molecule has 0 saturated carbocycles. The standard InChI is InChI=1S/C25H31N5O3/c1-29(17-23-27-21-9-5-4-8-20(21)24(31)28-23)25(32)26-16-22(30-14-6-3-7-15-30)18-10-12-19(33-2)13-11-18/h4-5,8-13,22H,3,6-7,14-17H2,1-2H3,(H,26,32)(H,27,28,31)/t22-/m1/s1. The van der Waals surface area contributed by atoms with E-state index in [1.165, 1.54) is 24.2 Å². The number of nitrogens with zero attached hydrogens (tertiary/aromatic N) is 3. The van der Waals surface area contributed by atoms with Crippen molar-refractivity contribution in [3.63, 3.8) is 0 Å². The normalized spacial score (nSPS) is 15.2. The van der Waals surface area contributed by atoms with E-state index >= 15 is 0 Å². The topological polar surface area (TPSA) is 90.6 Å². The lowest BCUT2D eigenvalue weighted by Gasteiger charge is -2.35. The third-order valence-corrected chi connectivity index (χ3v) is 6.17. The van der Waals surface area contributed by atoms with Crippen molar-refractivity contribution in [1.82, 2.24) is 25.1 Å². The van der Waals surface area contributed by atoms with Crippen LogP contribution in [0.15, 0.2) is 53.3 Å². The van der Waals surface area contributed by atoms with E-state index in [0.29, 0.717) is 23.3 Å². The number of nitrogens with one attached hydrogen (secondary N) is 2. The average Bonchev–Trinajstić information content (AvgIpc) is 2.85. The number of methoxy groups -OCH3 is 1. The van der Waals surface area contributed by atoms with Crippen molar-refractivity contribution in [3.05, 3.63) is 70.3 Å². The van der Waals surface area contributed by atoms with Crippen LogP contribution in [0.4, 0.5) is 4.79 Å². The maximum Gasteiger partial charge on any atom is 0.317 e. The van der Waals surface area contributed by atoms with E-state index in [1.54, 1.807) is 32.4 Å². The van der Waals surface area contributed by atoms with E-state index in [-0.39, 0.29) is 24.2 Å². The van der Waals surface area contributed by atoms with Gasteiger partial charge >= 0.3 is 6.03 Å². The molecule has 0 radical (unpaired) electrons. The second-order valence-corrected chi connectivity index (χ2v) is 8.46. The second-order valence-electron chi connectivity index (χ2n) is 8.46. The molecular formula is C25H31N5O3. The summed E-state index contributed by atoms with van der Waals surface area (Å²) >= 11 is 0. The van der Waals surface area contributed by atoms with Crippen molar-refractivity contribution in [3.8, 4) is 5.75 Å². The Morgan fingerprint density at radius 1 is 1.15 bits per heavy atom. The SMILES string of the molecule is COc1ccc([C@@H](CNC(=O)N(C)Cc2nc3ccccc3c(=O)[nH]2)N2CCCCC2)cc1. The van der Waals surface area contributed by atoms with Crippen LogP contribution in [0.1, 0.15) is 36.7 Å². The molecule has 1 aliphatic heterocycles. The van der Waals surface area contributed by atoms with Gasteiger partial charge in [0.2, 0.25) is 0 Å². The number of ether oxygens (including phenoxy) is 1. The van der Waals surface area contributed by atoms with Gasteiger partial charge in [0.05, 0.1) is 30.6 Å². The molecule has 2 heterocycles. The maximum absolute atomic E-state index is 12.9. The lowest BCUT2D eigenvalue weighted by Crippen LogP contribution is -2.44. The Hall–Kier alpha value is -3.39. The summed E-state index contributed by atoms with van der Waals surface area (Å²) in [6.45, 7) is 2.75. The van der Waals surface area contributed by atoms with Crippen molar-refractivity contribution < 1.29 is 9.53 Å². The molecule has 1 aliphatic rings. The number of H-pyrrole nitrogens is 1. The van der Waals surface area contributed by atoms with Crippen molar-refractivity contribution in [2.45, 2.75) is 31.8 Å². The molecule has 1 saturated heterocycles. The predicted octanol–water partition coefficient (Wildman–Crippen LogP) is 3.30. The van der Waals surface area contributed by atoms with Crippen LogP contribution in [0.2, 0.25) is 0 Å². The Kier molecular flexibility index (Phi) is 7.24. The first-order valence-corrected chi connectivity index (χ1v) is 11.4. The zero-order valence-corrected chi connectivity index (χ0v) is 19.2. The molecule has 4 rings (SSSR count). The van der Waals surface area contributed by atoms with Gasteiger partial charge in [0.25, 0.3) is 5.56 Å². The molecule has 33 heavy (non-hydrogen) atoms. The Morgan fingerprint density at radius 2 is 1.88 bits per heavy atom. The van der Waals surface area contributed by atoms with Gasteiger partial charge < -0.3 is 19.9 Å². The molecule has 2 N–H and O–H groups in total. The third kappa shape index (κ3) is 5.51. The van der Waals surface area contributed by atoms with Crippen LogP contribution in [-0.4, -0.2) is 59.6 Å². The van der Waals surface area contributed by atoms with Gasteiger partial charge in [-0.25, -0.2) is 9.78 Å². The summed E-state index contributed by atoms with van der Waals surface area (Å²) in [6, 6.07) is 15.1. The average molecular weight is 450 g/mol. The highest BCUT2D eigenvalue weighted by molar-refractivity contribution is 5.77. The monoisotopic (exact) mass is 449 g/mol. The number of aromatic amines is 1. The van der Waals surface area contributed by atoms with Gasteiger partial charge in [-0.1, -0.05) is 30.7 Å². The number of carbonyl (C=O) groups is 1. The second kappa shape index (κ2) is 10.5. The molecule has 3 aromatic rings. The first kappa shape index (κ1) is 22.8. The van der Waals surface area contributed by atoms with Crippen molar-refractivity contribution in [2.75, 3.05) is 33.8 Å². The number of hydrogen-bond acceptors (Lipinski definition) is 5. The van der Waals surface area contributed by atoms with Crippen LogP contribution in [0, 0.1) is 0 Å². The first-order valence-electron chi connectivity index (χ1n) is 11.4. The van der Waals surface area contributed by atoms with Crippen LogP contribution in [0.3, 0.4) is 0 Å². The van der Waals surface area contributed by atoms with E-state index < -0.39 is 0 Å². The molecule has 1 fully saturated rings. The zero-order chi connectivity index (χ0) is 23.2. The van der Waals surface area contributed by atoms with Gasteiger partial charge in [-0.2, -0.15) is 0 Å². The molecule has 8 heteroatoms. The lowest BCUT2D eigenvalue weighted by molar-refractivity contribution is 0.155. The van der Waals surface area contributed by atoms with Crippen LogP contribution >= 0.6 is 0 Å². The number of amides is 2. The third-order valence-electron chi connectivity index (χ3n) is 6.17. The first-order chi connectivity index (χ1) is 16.0. The summed E-state index contributed by atoms with van der Waals surface area (Å²) in [4.78, 5) is 36.4. The van der Waals surface area contributed by atoms with Crippen molar-refractivity contribution in [2.24, 2.45) is 0 Å². The minimum Gasteiger partial charge on any atom is -0.497 e. The number of likely N-dealkylation sites (tertiary alicyclic amines) is 1. The number of para-hydroxylation sites is 1. The number of hydrogen-bond donors (Lipinski definition) is 2. The highest BCUT2D eigenvalue weighted by Crippen LogP contribution is 2.26. The summed E-state index contributed by atoms with van der Waals surface area (Å²) < 4.78 is 5.29. The highest BCUT2D eigenvalue weighted by atomic mass is 16.5. The van der Waals surface area contributed by atoms with Gasteiger partial charge in [-0.15, -0.1) is 0 Å². The Labute approximate surface area is 193 Å². The fourth-order valence-corrected chi connectivity index (χ4v) is 4.34. The molecule has 2 amide bonds.